The fraction of sp³-hybridized carbons (Fsp3) is 0.350. The van der Waals surface area contributed by atoms with Crippen LogP contribution in [0.3, 0.4) is 0 Å². The van der Waals surface area contributed by atoms with Gasteiger partial charge in [0.15, 0.2) is 0 Å². The Labute approximate surface area is 138 Å². The molecule has 3 N–H and O–H groups in total. The number of hydrogen-bond acceptors (Lipinski definition) is 2. The Morgan fingerprint density at radius 1 is 1.00 bits per heavy atom. The van der Waals surface area contributed by atoms with Gasteiger partial charge in [-0.1, -0.05) is 55.8 Å². The molecule has 3 heteroatoms. The van der Waals surface area contributed by atoms with E-state index in [1.54, 1.807) is 0 Å². The summed E-state index contributed by atoms with van der Waals surface area (Å²) < 4.78 is 0. The Bertz CT molecular complexity index is 593. The number of aryl methyl sites for hydroxylation is 1. The average molecular weight is 310 g/mol. The lowest BCUT2D eigenvalue weighted by atomic mass is 10.0. The molecule has 2 rings (SSSR count). The average Bonchev–Trinajstić information content (AvgIpc) is 2.61. The molecular weight excluding hydrogens is 284 g/mol. The summed E-state index contributed by atoms with van der Waals surface area (Å²) in [4.78, 5) is 12.4. The Hall–Kier alpha value is -2.13. The van der Waals surface area contributed by atoms with Crippen LogP contribution in [-0.4, -0.2) is 11.9 Å². The van der Waals surface area contributed by atoms with Gasteiger partial charge in [0.1, 0.15) is 0 Å². The Morgan fingerprint density at radius 2 is 1.70 bits per heavy atom. The van der Waals surface area contributed by atoms with Gasteiger partial charge in [0, 0.05) is 18.2 Å². The number of carbonyl (C=O) groups excluding carboxylic acids is 1. The molecule has 2 aromatic carbocycles. The lowest BCUT2D eigenvalue weighted by Gasteiger charge is -2.18. The lowest BCUT2D eigenvalue weighted by molar-refractivity contribution is 0.0932. The van der Waals surface area contributed by atoms with E-state index in [0.29, 0.717) is 12.1 Å². The number of nitrogens with one attached hydrogen (secondary N) is 1. The van der Waals surface area contributed by atoms with Gasteiger partial charge in [-0.2, -0.15) is 0 Å². The molecule has 3 nitrogen and oxygen atoms in total. The number of amides is 1. The van der Waals surface area contributed by atoms with Crippen molar-refractivity contribution in [1.82, 2.24) is 5.32 Å². The molecule has 23 heavy (non-hydrogen) atoms. The minimum Gasteiger partial charge on any atom is -0.349 e. The van der Waals surface area contributed by atoms with E-state index in [1.165, 1.54) is 5.56 Å². The first kappa shape index (κ1) is 17.2. The summed E-state index contributed by atoms with van der Waals surface area (Å²) in [6, 6.07) is 18.1. The lowest BCUT2D eigenvalue weighted by Crippen LogP contribution is -2.35. The third-order valence-electron chi connectivity index (χ3n) is 4.05. The second kappa shape index (κ2) is 9.11. The van der Waals surface area contributed by atoms with Gasteiger partial charge in [-0.3, -0.25) is 4.79 Å². The fourth-order valence-corrected chi connectivity index (χ4v) is 2.68. The molecule has 0 heterocycles. The van der Waals surface area contributed by atoms with Gasteiger partial charge in [-0.15, -0.1) is 0 Å². The molecule has 0 aliphatic carbocycles. The van der Waals surface area contributed by atoms with Crippen molar-refractivity contribution in [1.29, 1.82) is 0 Å². The van der Waals surface area contributed by atoms with E-state index in [9.17, 15) is 4.79 Å². The van der Waals surface area contributed by atoms with Crippen molar-refractivity contribution < 1.29 is 4.79 Å². The van der Waals surface area contributed by atoms with Gasteiger partial charge < -0.3 is 11.1 Å². The summed E-state index contributed by atoms with van der Waals surface area (Å²) in [5.74, 6) is 0.0000770. The SMILES string of the molecule is CCCC(CCc1ccccc1)NC(=O)c1ccc(CN)cc1. The molecule has 0 fully saturated rings. The van der Waals surface area contributed by atoms with Gasteiger partial charge in [-0.05, 0) is 42.5 Å². The summed E-state index contributed by atoms with van der Waals surface area (Å²) >= 11 is 0. The summed E-state index contributed by atoms with van der Waals surface area (Å²) in [6.07, 6.45) is 4.01. The van der Waals surface area contributed by atoms with Crippen molar-refractivity contribution in [3.05, 3.63) is 71.3 Å². The highest BCUT2D eigenvalue weighted by Gasteiger charge is 2.13. The Morgan fingerprint density at radius 3 is 2.30 bits per heavy atom. The number of rotatable bonds is 8. The highest BCUT2D eigenvalue weighted by molar-refractivity contribution is 5.94. The monoisotopic (exact) mass is 310 g/mol. The van der Waals surface area contributed by atoms with Crippen LogP contribution >= 0.6 is 0 Å². The van der Waals surface area contributed by atoms with Crippen molar-refractivity contribution in [3.8, 4) is 0 Å². The zero-order valence-corrected chi connectivity index (χ0v) is 13.8. The minimum absolute atomic E-state index is 0.0000770. The smallest absolute Gasteiger partial charge is 0.251 e. The van der Waals surface area contributed by atoms with E-state index in [4.69, 9.17) is 5.73 Å². The number of carbonyl (C=O) groups is 1. The highest BCUT2D eigenvalue weighted by atomic mass is 16.1. The molecule has 122 valence electrons. The van der Waals surface area contributed by atoms with E-state index in [-0.39, 0.29) is 11.9 Å². The molecule has 0 saturated carbocycles. The van der Waals surface area contributed by atoms with Crippen LogP contribution in [0.15, 0.2) is 54.6 Å². The summed E-state index contributed by atoms with van der Waals surface area (Å²) in [7, 11) is 0. The van der Waals surface area contributed by atoms with Crippen molar-refractivity contribution in [2.45, 2.75) is 45.2 Å². The van der Waals surface area contributed by atoms with E-state index in [1.807, 2.05) is 30.3 Å². The number of benzene rings is 2. The van der Waals surface area contributed by atoms with Gasteiger partial charge >= 0.3 is 0 Å². The van der Waals surface area contributed by atoms with Crippen molar-refractivity contribution >= 4 is 5.91 Å². The molecule has 0 spiro atoms. The molecule has 1 amide bonds. The maximum absolute atomic E-state index is 12.4. The first-order valence-corrected chi connectivity index (χ1v) is 8.36. The van der Waals surface area contributed by atoms with Crippen LogP contribution in [0.5, 0.6) is 0 Å². The molecule has 0 radical (unpaired) electrons. The molecule has 2 aromatic rings. The second-order valence-corrected chi connectivity index (χ2v) is 5.88. The standard InChI is InChI=1S/C20H26N2O/c1-2-6-19(14-11-16-7-4-3-5-8-16)22-20(23)18-12-9-17(15-21)10-13-18/h3-5,7-10,12-13,19H,2,6,11,14-15,21H2,1H3,(H,22,23). The van der Waals surface area contributed by atoms with Crippen LogP contribution in [0.2, 0.25) is 0 Å². The van der Waals surface area contributed by atoms with Gasteiger partial charge in [0.25, 0.3) is 5.91 Å². The molecule has 1 unspecified atom stereocenters. The molecule has 0 aliphatic rings. The third-order valence-corrected chi connectivity index (χ3v) is 4.05. The normalized spacial score (nSPS) is 11.9. The van der Waals surface area contributed by atoms with Crippen LogP contribution in [-0.2, 0) is 13.0 Å². The zero-order chi connectivity index (χ0) is 16.5. The molecule has 0 aromatic heterocycles. The van der Waals surface area contributed by atoms with E-state index >= 15 is 0 Å². The molecular formula is C20H26N2O. The number of hydrogen-bond donors (Lipinski definition) is 2. The number of nitrogens with two attached hydrogens (primary N) is 1. The van der Waals surface area contributed by atoms with Crippen LogP contribution in [0.1, 0.15) is 47.7 Å². The summed E-state index contributed by atoms with van der Waals surface area (Å²) in [6.45, 7) is 2.65. The Kier molecular flexibility index (Phi) is 6.82. The van der Waals surface area contributed by atoms with Crippen LogP contribution in [0, 0.1) is 0 Å². The van der Waals surface area contributed by atoms with Crippen molar-refractivity contribution in [3.63, 3.8) is 0 Å². The predicted octanol–water partition coefficient (Wildman–Crippen LogP) is 3.68. The van der Waals surface area contributed by atoms with Crippen molar-refractivity contribution in [2.75, 3.05) is 0 Å². The first-order chi connectivity index (χ1) is 11.2. The summed E-state index contributed by atoms with van der Waals surface area (Å²) in [5.41, 5.74) is 8.64. The van der Waals surface area contributed by atoms with Gasteiger partial charge in [0.2, 0.25) is 0 Å². The third kappa shape index (κ3) is 5.53. The van der Waals surface area contributed by atoms with Crippen LogP contribution in [0.25, 0.3) is 0 Å². The first-order valence-electron chi connectivity index (χ1n) is 8.36. The van der Waals surface area contributed by atoms with Gasteiger partial charge in [0.05, 0.1) is 0 Å². The quantitative estimate of drug-likeness (QED) is 0.781. The maximum Gasteiger partial charge on any atom is 0.251 e. The zero-order valence-electron chi connectivity index (χ0n) is 13.8. The van der Waals surface area contributed by atoms with Crippen molar-refractivity contribution in [2.24, 2.45) is 5.73 Å². The molecule has 0 saturated heterocycles. The minimum atomic E-state index is 0.0000770. The van der Waals surface area contributed by atoms with Crippen LogP contribution in [0.4, 0.5) is 0 Å². The summed E-state index contributed by atoms with van der Waals surface area (Å²) in [5, 5.41) is 3.17. The fourth-order valence-electron chi connectivity index (χ4n) is 2.68. The Balaban J connectivity index is 1.93. The molecule has 0 bridgehead atoms. The largest absolute Gasteiger partial charge is 0.349 e. The van der Waals surface area contributed by atoms with E-state index in [0.717, 1.165) is 31.2 Å². The van der Waals surface area contributed by atoms with E-state index < -0.39 is 0 Å². The topological polar surface area (TPSA) is 55.1 Å². The van der Waals surface area contributed by atoms with Gasteiger partial charge in [-0.25, -0.2) is 0 Å². The second-order valence-electron chi connectivity index (χ2n) is 5.88. The molecule has 1 atom stereocenters. The molecule has 0 aliphatic heterocycles. The highest BCUT2D eigenvalue weighted by Crippen LogP contribution is 2.11. The van der Waals surface area contributed by atoms with E-state index in [2.05, 4.69) is 36.5 Å². The van der Waals surface area contributed by atoms with Crippen LogP contribution < -0.4 is 11.1 Å². The maximum atomic E-state index is 12.4. The predicted molar refractivity (Wildman–Crippen MR) is 95.3 cm³/mol.